The van der Waals surface area contributed by atoms with E-state index in [-0.39, 0.29) is 6.04 Å². The maximum absolute atomic E-state index is 10.8. The SMILES string of the molecule is OC(CN1CCN(C(c2ccccc2)c2ccccc2)CC1)Cn1ccc2cccnc21. The molecular formula is C27H30N4O. The standard InChI is InChI=1S/C27H30N4O/c32-25(21-31-15-13-24-12-7-14-28-27(24)31)20-29-16-18-30(19-17-29)26(22-8-3-1-4-9-22)23-10-5-2-6-11-23/h1-15,25-26,32H,16-21H2. The normalized spacial score (nSPS) is 16.6. The molecule has 0 bridgehead atoms. The lowest BCUT2D eigenvalue weighted by atomic mass is 9.96. The van der Waals surface area contributed by atoms with Gasteiger partial charge in [0.2, 0.25) is 0 Å². The van der Waals surface area contributed by atoms with Crippen LogP contribution in [0.4, 0.5) is 0 Å². The number of hydrogen-bond acceptors (Lipinski definition) is 4. The number of pyridine rings is 1. The zero-order valence-corrected chi connectivity index (χ0v) is 18.3. The minimum absolute atomic E-state index is 0.266. The lowest BCUT2D eigenvalue weighted by molar-refractivity contribution is 0.0560. The highest BCUT2D eigenvalue weighted by atomic mass is 16.3. The maximum Gasteiger partial charge on any atom is 0.139 e. The Balaban J connectivity index is 1.22. The minimum Gasteiger partial charge on any atom is -0.390 e. The molecule has 0 spiro atoms. The zero-order chi connectivity index (χ0) is 21.8. The molecule has 0 amide bonds. The van der Waals surface area contributed by atoms with Crippen LogP contribution >= 0.6 is 0 Å². The van der Waals surface area contributed by atoms with Gasteiger partial charge in [0.1, 0.15) is 5.65 Å². The Labute approximate surface area is 189 Å². The molecule has 0 saturated carbocycles. The van der Waals surface area contributed by atoms with E-state index in [1.807, 2.05) is 12.3 Å². The van der Waals surface area contributed by atoms with Crippen LogP contribution in [0.15, 0.2) is 91.3 Å². The van der Waals surface area contributed by atoms with Crippen LogP contribution in [0.3, 0.4) is 0 Å². The molecule has 3 heterocycles. The fourth-order valence-electron chi connectivity index (χ4n) is 4.84. The molecule has 1 fully saturated rings. The van der Waals surface area contributed by atoms with E-state index in [0.717, 1.165) is 37.2 Å². The van der Waals surface area contributed by atoms with Gasteiger partial charge >= 0.3 is 0 Å². The van der Waals surface area contributed by atoms with Crippen LogP contribution < -0.4 is 0 Å². The van der Waals surface area contributed by atoms with Gasteiger partial charge in [-0.2, -0.15) is 0 Å². The average Bonchev–Trinajstić information content (AvgIpc) is 3.24. The molecule has 1 atom stereocenters. The van der Waals surface area contributed by atoms with Crippen molar-refractivity contribution < 1.29 is 5.11 Å². The number of fused-ring (bicyclic) bond motifs is 1. The lowest BCUT2D eigenvalue weighted by Gasteiger charge is -2.40. The predicted octanol–water partition coefficient (Wildman–Crippen LogP) is 3.80. The van der Waals surface area contributed by atoms with Crippen LogP contribution in [0.2, 0.25) is 0 Å². The number of β-amino-alcohol motifs (C(OH)–C–C–N with tert-alkyl or cyclic N) is 1. The van der Waals surface area contributed by atoms with Crippen molar-refractivity contribution in [3.05, 3.63) is 102 Å². The summed E-state index contributed by atoms with van der Waals surface area (Å²) in [5.41, 5.74) is 3.60. The number of rotatable bonds is 7. The summed E-state index contributed by atoms with van der Waals surface area (Å²) in [4.78, 5) is 9.41. The molecule has 5 heteroatoms. The first-order chi connectivity index (χ1) is 15.8. The van der Waals surface area contributed by atoms with Gasteiger partial charge in [-0.05, 0) is 29.3 Å². The van der Waals surface area contributed by atoms with E-state index in [2.05, 4.69) is 92.1 Å². The number of benzene rings is 2. The van der Waals surface area contributed by atoms with Crippen molar-refractivity contribution in [2.45, 2.75) is 18.7 Å². The van der Waals surface area contributed by atoms with Gasteiger partial charge in [-0.15, -0.1) is 0 Å². The van der Waals surface area contributed by atoms with E-state index in [4.69, 9.17) is 0 Å². The molecule has 5 nitrogen and oxygen atoms in total. The first-order valence-electron chi connectivity index (χ1n) is 11.4. The topological polar surface area (TPSA) is 44.5 Å². The molecule has 1 saturated heterocycles. The smallest absolute Gasteiger partial charge is 0.139 e. The molecule has 0 radical (unpaired) electrons. The van der Waals surface area contributed by atoms with Gasteiger partial charge in [0.25, 0.3) is 0 Å². The summed E-state index contributed by atoms with van der Waals surface area (Å²) >= 11 is 0. The van der Waals surface area contributed by atoms with Crippen molar-refractivity contribution in [1.82, 2.24) is 19.4 Å². The predicted molar refractivity (Wildman–Crippen MR) is 128 cm³/mol. The molecule has 2 aromatic carbocycles. The van der Waals surface area contributed by atoms with Gasteiger partial charge in [-0.3, -0.25) is 9.80 Å². The quantitative estimate of drug-likeness (QED) is 0.488. The van der Waals surface area contributed by atoms with Crippen molar-refractivity contribution in [1.29, 1.82) is 0 Å². The number of hydrogen-bond donors (Lipinski definition) is 1. The molecule has 1 aliphatic heterocycles. The Morgan fingerprint density at radius 1 is 0.750 bits per heavy atom. The van der Waals surface area contributed by atoms with Gasteiger partial charge < -0.3 is 9.67 Å². The molecule has 1 aliphatic rings. The monoisotopic (exact) mass is 426 g/mol. The number of piperazine rings is 1. The van der Waals surface area contributed by atoms with Crippen molar-refractivity contribution in [2.24, 2.45) is 0 Å². The summed E-state index contributed by atoms with van der Waals surface area (Å²) in [6.45, 7) is 5.12. The molecule has 32 heavy (non-hydrogen) atoms. The second-order valence-electron chi connectivity index (χ2n) is 8.60. The molecule has 0 aliphatic carbocycles. The van der Waals surface area contributed by atoms with E-state index in [0.29, 0.717) is 13.1 Å². The molecule has 5 rings (SSSR count). The fourth-order valence-corrected chi connectivity index (χ4v) is 4.84. The van der Waals surface area contributed by atoms with Gasteiger partial charge in [0, 0.05) is 50.5 Å². The van der Waals surface area contributed by atoms with Crippen LogP contribution in [-0.2, 0) is 6.54 Å². The lowest BCUT2D eigenvalue weighted by Crippen LogP contribution is -2.50. The second kappa shape index (κ2) is 9.65. The molecule has 4 aromatic rings. The van der Waals surface area contributed by atoms with E-state index < -0.39 is 6.10 Å². The Hall–Kier alpha value is -2.99. The Morgan fingerprint density at radius 2 is 1.41 bits per heavy atom. The highest BCUT2D eigenvalue weighted by molar-refractivity contribution is 5.75. The summed E-state index contributed by atoms with van der Waals surface area (Å²) in [5, 5.41) is 11.9. The molecule has 164 valence electrons. The summed E-state index contributed by atoms with van der Waals surface area (Å²) in [5.74, 6) is 0. The van der Waals surface area contributed by atoms with Gasteiger partial charge in [-0.1, -0.05) is 60.7 Å². The number of aromatic nitrogens is 2. The largest absolute Gasteiger partial charge is 0.390 e. The van der Waals surface area contributed by atoms with Crippen molar-refractivity contribution in [2.75, 3.05) is 32.7 Å². The average molecular weight is 427 g/mol. The van der Waals surface area contributed by atoms with E-state index >= 15 is 0 Å². The first kappa shape index (κ1) is 20.9. The Morgan fingerprint density at radius 3 is 2.06 bits per heavy atom. The summed E-state index contributed by atoms with van der Waals surface area (Å²) in [6.07, 6.45) is 3.40. The molecule has 2 aromatic heterocycles. The highest BCUT2D eigenvalue weighted by Gasteiger charge is 2.27. The number of aliphatic hydroxyl groups is 1. The first-order valence-corrected chi connectivity index (χ1v) is 11.4. The van der Waals surface area contributed by atoms with E-state index in [1.54, 1.807) is 6.20 Å². The van der Waals surface area contributed by atoms with Crippen molar-refractivity contribution >= 4 is 11.0 Å². The van der Waals surface area contributed by atoms with E-state index in [1.165, 1.54) is 11.1 Å². The number of nitrogens with zero attached hydrogens (tertiary/aromatic N) is 4. The summed E-state index contributed by atoms with van der Waals surface area (Å²) in [6, 6.07) is 27.9. The third-order valence-corrected chi connectivity index (χ3v) is 6.40. The Bertz CT molecular complexity index is 1080. The molecule has 1 unspecified atom stereocenters. The summed E-state index contributed by atoms with van der Waals surface area (Å²) < 4.78 is 2.05. The third-order valence-electron chi connectivity index (χ3n) is 6.40. The van der Waals surface area contributed by atoms with Crippen LogP contribution in [0.1, 0.15) is 17.2 Å². The van der Waals surface area contributed by atoms with Gasteiger partial charge in [0.05, 0.1) is 18.7 Å². The van der Waals surface area contributed by atoms with Crippen molar-refractivity contribution in [3.8, 4) is 0 Å². The minimum atomic E-state index is -0.418. The highest BCUT2D eigenvalue weighted by Crippen LogP contribution is 2.29. The van der Waals surface area contributed by atoms with Crippen LogP contribution in [-0.4, -0.2) is 63.3 Å². The van der Waals surface area contributed by atoms with Crippen LogP contribution in [0.25, 0.3) is 11.0 Å². The van der Waals surface area contributed by atoms with Crippen molar-refractivity contribution in [3.63, 3.8) is 0 Å². The maximum atomic E-state index is 10.8. The molecule has 1 N–H and O–H groups in total. The fraction of sp³-hybridized carbons (Fsp3) is 0.296. The number of aliphatic hydroxyl groups excluding tert-OH is 1. The van der Waals surface area contributed by atoms with Crippen LogP contribution in [0, 0.1) is 0 Å². The van der Waals surface area contributed by atoms with Gasteiger partial charge in [0.15, 0.2) is 0 Å². The van der Waals surface area contributed by atoms with Gasteiger partial charge in [-0.25, -0.2) is 4.98 Å². The second-order valence-corrected chi connectivity index (χ2v) is 8.60. The zero-order valence-electron chi connectivity index (χ0n) is 18.3. The molecular weight excluding hydrogens is 396 g/mol. The van der Waals surface area contributed by atoms with Crippen LogP contribution in [0.5, 0.6) is 0 Å². The summed E-state index contributed by atoms with van der Waals surface area (Å²) in [7, 11) is 0. The Kier molecular flexibility index (Phi) is 6.30. The van der Waals surface area contributed by atoms with E-state index in [9.17, 15) is 5.11 Å². The third kappa shape index (κ3) is 4.60.